The zero-order chi connectivity index (χ0) is 21.4. The van der Waals surface area contributed by atoms with Gasteiger partial charge in [0.1, 0.15) is 9.71 Å². The Balaban J connectivity index is 2.18. The highest BCUT2D eigenvalue weighted by molar-refractivity contribution is 7.87. The summed E-state index contributed by atoms with van der Waals surface area (Å²) in [4.78, 5) is 15.2. The highest BCUT2D eigenvalue weighted by Gasteiger charge is 2.49. The molecule has 0 atom stereocenters. The normalized spacial score (nSPS) is 12.5. The van der Waals surface area contributed by atoms with E-state index in [0.29, 0.717) is 11.3 Å². The van der Waals surface area contributed by atoms with Crippen LogP contribution in [-0.2, 0) is 10.1 Å². The number of nitrogens with two attached hydrogens (primary N) is 2. The summed E-state index contributed by atoms with van der Waals surface area (Å²) in [5.74, 6) is -1.67. The van der Waals surface area contributed by atoms with Crippen molar-refractivity contribution in [1.82, 2.24) is 4.98 Å². The van der Waals surface area contributed by atoms with E-state index >= 15 is 0 Å². The monoisotopic (exact) mass is 443 g/mol. The molecule has 0 unspecified atom stereocenters. The Hall–Kier alpha value is -3.12. The van der Waals surface area contributed by atoms with E-state index in [2.05, 4.69) is 9.17 Å². The molecule has 4 N–H and O–H groups in total. The Labute approximate surface area is 166 Å². The molecule has 0 aliphatic carbocycles. The van der Waals surface area contributed by atoms with Gasteiger partial charge in [0, 0.05) is 11.5 Å². The van der Waals surface area contributed by atoms with Gasteiger partial charge in [0.2, 0.25) is 5.88 Å². The second kappa shape index (κ2) is 7.37. The van der Waals surface area contributed by atoms with Crippen LogP contribution >= 0.6 is 11.3 Å². The fourth-order valence-electron chi connectivity index (χ4n) is 2.39. The van der Waals surface area contributed by atoms with Gasteiger partial charge < -0.3 is 15.7 Å². The van der Waals surface area contributed by atoms with Gasteiger partial charge in [-0.2, -0.15) is 21.6 Å². The number of carbonyl (C=O) groups excluding carboxylic acids is 1. The third-order valence-electron chi connectivity index (χ3n) is 3.66. The number of pyridine rings is 1. The number of benzene rings is 1. The van der Waals surface area contributed by atoms with E-state index in [4.69, 9.17) is 11.5 Å². The predicted molar refractivity (Wildman–Crippen MR) is 104 cm³/mol. The first kappa shape index (κ1) is 20.6. The number of thiophene rings is 1. The standard InChI is InChI=1S/C17H12F3N3O4S2/c18-17(19,20)29(25,26)27-11-8-10(7-6-9-4-2-1-3-5-9)12-13(21)14(15(22)24)28-16(12)23-11/h1-8H,21H2,(H2,22,24)/b7-6+. The Morgan fingerprint density at radius 3 is 2.41 bits per heavy atom. The number of anilines is 1. The molecule has 2 aromatic heterocycles. The molecule has 0 bridgehead atoms. The zero-order valence-electron chi connectivity index (χ0n) is 14.3. The first-order valence-corrected chi connectivity index (χ1v) is 9.99. The summed E-state index contributed by atoms with van der Waals surface area (Å²) in [5.41, 5.74) is 6.53. The maximum Gasteiger partial charge on any atom is 0.534 e. The molecule has 29 heavy (non-hydrogen) atoms. The number of primary amides is 1. The van der Waals surface area contributed by atoms with Gasteiger partial charge >= 0.3 is 15.6 Å². The lowest BCUT2D eigenvalue weighted by Gasteiger charge is -2.09. The summed E-state index contributed by atoms with van der Waals surface area (Å²) in [6.07, 6.45) is 3.11. The van der Waals surface area contributed by atoms with Crippen molar-refractivity contribution in [3.8, 4) is 5.88 Å². The SMILES string of the molecule is NC(=O)c1sc2nc(OS(=O)(=O)C(F)(F)F)cc(/C=C/c3ccccc3)c2c1N. The largest absolute Gasteiger partial charge is 0.534 e. The molecule has 2 heterocycles. The zero-order valence-corrected chi connectivity index (χ0v) is 15.9. The van der Waals surface area contributed by atoms with Crippen LogP contribution < -0.4 is 15.7 Å². The van der Waals surface area contributed by atoms with Crippen molar-refractivity contribution < 1.29 is 30.6 Å². The Morgan fingerprint density at radius 1 is 1.17 bits per heavy atom. The molecule has 1 aromatic carbocycles. The first-order chi connectivity index (χ1) is 13.5. The minimum atomic E-state index is -5.93. The minimum absolute atomic E-state index is 0.00103. The van der Waals surface area contributed by atoms with Crippen molar-refractivity contribution in [3.05, 3.63) is 52.4 Å². The topological polar surface area (TPSA) is 125 Å². The van der Waals surface area contributed by atoms with Crippen LogP contribution in [0, 0.1) is 0 Å². The van der Waals surface area contributed by atoms with Crippen molar-refractivity contribution >= 4 is 55.4 Å². The van der Waals surface area contributed by atoms with E-state index in [-0.39, 0.29) is 26.3 Å². The summed E-state index contributed by atoms with van der Waals surface area (Å²) in [6, 6.07) is 9.87. The van der Waals surface area contributed by atoms with Gasteiger partial charge in [0.05, 0.1) is 5.69 Å². The predicted octanol–water partition coefficient (Wildman–Crippen LogP) is 3.38. The van der Waals surface area contributed by atoms with E-state index in [1.54, 1.807) is 36.4 Å². The lowest BCUT2D eigenvalue weighted by Crippen LogP contribution is -2.28. The number of halogens is 3. The number of nitrogens with zero attached hydrogens (tertiary/aromatic N) is 1. The van der Waals surface area contributed by atoms with E-state index in [1.165, 1.54) is 6.08 Å². The molecular formula is C17H12F3N3O4S2. The quantitative estimate of drug-likeness (QED) is 0.460. The summed E-state index contributed by atoms with van der Waals surface area (Å²) in [5, 5.41) is 0.243. The fourth-order valence-corrected chi connectivity index (χ4v) is 3.77. The van der Waals surface area contributed by atoms with E-state index in [0.717, 1.165) is 11.6 Å². The molecule has 0 saturated carbocycles. The van der Waals surface area contributed by atoms with Gasteiger partial charge in [0.25, 0.3) is 5.91 Å². The van der Waals surface area contributed by atoms with Gasteiger partial charge in [0.15, 0.2) is 0 Å². The number of hydrogen-bond acceptors (Lipinski definition) is 7. The number of rotatable bonds is 5. The lowest BCUT2D eigenvalue weighted by molar-refractivity contribution is -0.0501. The van der Waals surface area contributed by atoms with Crippen LogP contribution in [0.25, 0.3) is 22.4 Å². The number of hydrogen-bond donors (Lipinski definition) is 2. The van der Waals surface area contributed by atoms with Crippen molar-refractivity contribution in [1.29, 1.82) is 0 Å². The van der Waals surface area contributed by atoms with Gasteiger partial charge in [-0.05, 0) is 11.1 Å². The molecule has 0 saturated heterocycles. The highest BCUT2D eigenvalue weighted by Crippen LogP contribution is 2.38. The molecule has 0 fully saturated rings. The van der Waals surface area contributed by atoms with E-state index in [9.17, 15) is 26.4 Å². The minimum Gasteiger partial charge on any atom is -0.397 e. The smallest absolute Gasteiger partial charge is 0.397 e. The van der Waals surface area contributed by atoms with Crippen molar-refractivity contribution in [2.75, 3.05) is 5.73 Å². The summed E-state index contributed by atoms with van der Waals surface area (Å²) < 4.78 is 64.7. The van der Waals surface area contributed by atoms with Gasteiger partial charge in [-0.15, -0.1) is 11.3 Å². The summed E-state index contributed by atoms with van der Waals surface area (Å²) in [6.45, 7) is 0. The second-order valence-corrected chi connectivity index (χ2v) is 8.20. The van der Waals surface area contributed by atoms with E-state index < -0.39 is 27.4 Å². The van der Waals surface area contributed by atoms with Gasteiger partial charge in [-0.25, -0.2) is 4.98 Å². The van der Waals surface area contributed by atoms with Crippen LogP contribution in [0.2, 0.25) is 0 Å². The van der Waals surface area contributed by atoms with Crippen LogP contribution in [0.15, 0.2) is 36.4 Å². The molecule has 0 radical (unpaired) electrons. The Kier molecular flexibility index (Phi) is 5.24. The van der Waals surface area contributed by atoms with Crippen LogP contribution in [0.4, 0.5) is 18.9 Å². The third kappa shape index (κ3) is 4.17. The molecule has 12 heteroatoms. The molecular weight excluding hydrogens is 431 g/mol. The Morgan fingerprint density at radius 2 is 1.83 bits per heavy atom. The third-order valence-corrected chi connectivity index (χ3v) is 5.73. The number of nitrogen functional groups attached to an aromatic ring is 1. The number of fused-ring (bicyclic) bond motifs is 1. The van der Waals surface area contributed by atoms with Crippen LogP contribution in [0.1, 0.15) is 20.8 Å². The number of alkyl halides is 3. The summed E-state index contributed by atoms with van der Waals surface area (Å²) >= 11 is 0.715. The number of amides is 1. The average molecular weight is 443 g/mol. The number of carbonyl (C=O) groups is 1. The highest BCUT2D eigenvalue weighted by atomic mass is 32.2. The second-order valence-electron chi connectivity index (χ2n) is 5.67. The van der Waals surface area contributed by atoms with Crippen molar-refractivity contribution in [3.63, 3.8) is 0 Å². The van der Waals surface area contributed by atoms with Gasteiger partial charge in [-0.1, -0.05) is 42.5 Å². The molecule has 7 nitrogen and oxygen atoms in total. The molecule has 0 aliphatic heterocycles. The lowest BCUT2D eigenvalue weighted by atomic mass is 10.1. The summed E-state index contributed by atoms with van der Waals surface area (Å²) in [7, 11) is -5.93. The molecule has 152 valence electrons. The van der Waals surface area contributed by atoms with Crippen molar-refractivity contribution in [2.45, 2.75) is 5.51 Å². The van der Waals surface area contributed by atoms with Gasteiger partial charge in [-0.3, -0.25) is 4.79 Å². The molecule has 0 aliphatic rings. The van der Waals surface area contributed by atoms with Crippen LogP contribution in [-0.4, -0.2) is 24.8 Å². The van der Waals surface area contributed by atoms with E-state index in [1.807, 2.05) is 0 Å². The molecule has 3 aromatic rings. The molecule has 3 rings (SSSR count). The van der Waals surface area contributed by atoms with Crippen LogP contribution in [0.5, 0.6) is 5.88 Å². The van der Waals surface area contributed by atoms with Crippen molar-refractivity contribution in [2.24, 2.45) is 5.73 Å². The average Bonchev–Trinajstić information content (AvgIpc) is 2.96. The Bertz CT molecular complexity index is 1220. The molecule has 0 spiro atoms. The maximum atomic E-state index is 12.6. The van der Waals surface area contributed by atoms with Crippen LogP contribution in [0.3, 0.4) is 0 Å². The fraction of sp³-hybridized carbons (Fsp3) is 0.0588. The number of aromatic nitrogens is 1. The first-order valence-electron chi connectivity index (χ1n) is 7.76. The molecule has 1 amide bonds. The maximum absolute atomic E-state index is 12.6.